The molecule has 0 aliphatic heterocycles. The molecule has 1 aromatic heterocycles. The first-order valence-electron chi connectivity index (χ1n) is 5.73. The normalized spacial score (nSPS) is 10.4. The van der Waals surface area contributed by atoms with E-state index in [2.05, 4.69) is 10.4 Å². The predicted octanol–water partition coefficient (Wildman–Crippen LogP) is 2.28. The highest BCUT2D eigenvalue weighted by Gasteiger charge is 2.16. The van der Waals surface area contributed by atoms with Crippen LogP contribution in [-0.4, -0.2) is 10.9 Å². The van der Waals surface area contributed by atoms with Crippen LogP contribution in [0.5, 0.6) is 0 Å². The van der Waals surface area contributed by atoms with Gasteiger partial charge < -0.3 is 0 Å². The molecule has 4 nitrogen and oxygen atoms in total. The van der Waals surface area contributed by atoms with Crippen LogP contribution >= 0.6 is 11.3 Å². The summed E-state index contributed by atoms with van der Waals surface area (Å²) in [4.78, 5) is 16.7. The van der Waals surface area contributed by atoms with Crippen LogP contribution in [0.15, 0.2) is 24.3 Å². The Kier molecular flexibility index (Phi) is 3.74. The Hall–Kier alpha value is -1.72. The number of amides is 1. The van der Waals surface area contributed by atoms with Gasteiger partial charge in [-0.05, 0) is 13.3 Å². The largest absolute Gasteiger partial charge is 0.289 e. The minimum Gasteiger partial charge on any atom is -0.289 e. The van der Waals surface area contributed by atoms with Crippen molar-refractivity contribution in [2.24, 2.45) is 5.84 Å². The number of carbonyl (C=O) groups excluding carboxylic acids is 1. The molecular formula is C13H15N3OS. The molecule has 0 aliphatic carbocycles. The fourth-order valence-corrected chi connectivity index (χ4v) is 2.72. The van der Waals surface area contributed by atoms with Gasteiger partial charge in [0.25, 0.3) is 5.91 Å². The van der Waals surface area contributed by atoms with Crippen LogP contribution in [-0.2, 0) is 6.42 Å². The maximum Gasteiger partial charge on any atom is 0.277 e. The van der Waals surface area contributed by atoms with Crippen molar-refractivity contribution < 1.29 is 4.79 Å². The van der Waals surface area contributed by atoms with Crippen molar-refractivity contribution >= 4 is 17.2 Å². The van der Waals surface area contributed by atoms with Crippen molar-refractivity contribution in [1.29, 1.82) is 0 Å². The van der Waals surface area contributed by atoms with E-state index in [1.807, 2.05) is 38.1 Å². The monoisotopic (exact) mass is 261 g/mol. The number of hydrazine groups is 1. The van der Waals surface area contributed by atoms with E-state index < -0.39 is 0 Å². The summed E-state index contributed by atoms with van der Waals surface area (Å²) in [7, 11) is 0. The van der Waals surface area contributed by atoms with E-state index in [1.54, 1.807) is 0 Å². The molecule has 0 spiro atoms. The maximum absolute atomic E-state index is 11.6. The number of nitrogens with one attached hydrogen (secondary N) is 1. The van der Waals surface area contributed by atoms with Gasteiger partial charge in [-0.25, -0.2) is 10.8 Å². The van der Waals surface area contributed by atoms with Crippen molar-refractivity contribution in [3.63, 3.8) is 0 Å². The van der Waals surface area contributed by atoms with Gasteiger partial charge in [-0.15, -0.1) is 11.3 Å². The zero-order chi connectivity index (χ0) is 13.1. The fraction of sp³-hybridized carbons (Fsp3) is 0.231. The number of nitrogen functional groups attached to an aromatic ring is 1. The van der Waals surface area contributed by atoms with Crippen LogP contribution in [0.4, 0.5) is 0 Å². The molecule has 0 fully saturated rings. The second-order valence-electron chi connectivity index (χ2n) is 3.99. The molecule has 94 valence electrons. The zero-order valence-corrected chi connectivity index (χ0v) is 11.2. The number of aromatic nitrogens is 1. The highest BCUT2D eigenvalue weighted by Crippen LogP contribution is 2.28. The first kappa shape index (κ1) is 12.7. The number of nitrogens with two attached hydrogens (primary N) is 1. The Morgan fingerprint density at radius 3 is 2.61 bits per heavy atom. The van der Waals surface area contributed by atoms with Crippen molar-refractivity contribution in [1.82, 2.24) is 10.4 Å². The quantitative estimate of drug-likeness (QED) is 0.506. The van der Waals surface area contributed by atoms with Gasteiger partial charge in [0, 0.05) is 5.56 Å². The second-order valence-corrected chi connectivity index (χ2v) is 4.99. The Morgan fingerprint density at radius 1 is 1.39 bits per heavy atom. The second kappa shape index (κ2) is 5.29. The smallest absolute Gasteiger partial charge is 0.277 e. The van der Waals surface area contributed by atoms with E-state index in [9.17, 15) is 4.79 Å². The number of rotatable bonds is 3. The van der Waals surface area contributed by atoms with E-state index in [4.69, 9.17) is 5.84 Å². The molecule has 0 radical (unpaired) electrons. The Balaban J connectivity index is 2.43. The number of carbonyl (C=O) groups is 1. The third-order valence-electron chi connectivity index (χ3n) is 2.67. The number of benzene rings is 1. The average molecular weight is 261 g/mol. The Labute approximate surface area is 110 Å². The molecule has 18 heavy (non-hydrogen) atoms. The summed E-state index contributed by atoms with van der Waals surface area (Å²) in [5.74, 6) is 4.90. The van der Waals surface area contributed by atoms with E-state index in [0.717, 1.165) is 16.3 Å². The van der Waals surface area contributed by atoms with Gasteiger partial charge in [0.1, 0.15) is 9.88 Å². The molecule has 2 rings (SSSR count). The first-order valence-corrected chi connectivity index (χ1v) is 6.55. The molecule has 0 atom stereocenters. The molecule has 0 saturated carbocycles. The van der Waals surface area contributed by atoms with Crippen molar-refractivity contribution in [3.05, 3.63) is 40.4 Å². The molecule has 0 unspecified atom stereocenters. The van der Waals surface area contributed by atoms with Crippen molar-refractivity contribution in [2.75, 3.05) is 0 Å². The van der Waals surface area contributed by atoms with E-state index in [0.29, 0.717) is 11.3 Å². The SMILES string of the molecule is CCc1nc(-c2ccc(C)cc2)sc1C(=O)NN. The number of thiazole rings is 1. The van der Waals surface area contributed by atoms with Gasteiger partial charge in [0.15, 0.2) is 0 Å². The van der Waals surface area contributed by atoms with Crippen LogP contribution in [0, 0.1) is 6.92 Å². The lowest BCUT2D eigenvalue weighted by molar-refractivity contribution is 0.0956. The number of aryl methyl sites for hydroxylation is 2. The van der Waals surface area contributed by atoms with Gasteiger partial charge in [-0.1, -0.05) is 36.8 Å². The van der Waals surface area contributed by atoms with Crippen molar-refractivity contribution in [3.8, 4) is 10.6 Å². The van der Waals surface area contributed by atoms with Crippen LogP contribution < -0.4 is 11.3 Å². The fourth-order valence-electron chi connectivity index (χ4n) is 1.65. The van der Waals surface area contributed by atoms with Crippen LogP contribution in [0.25, 0.3) is 10.6 Å². The Morgan fingerprint density at radius 2 is 2.06 bits per heavy atom. The predicted molar refractivity (Wildman–Crippen MR) is 73.3 cm³/mol. The van der Waals surface area contributed by atoms with Crippen LogP contribution in [0.1, 0.15) is 27.9 Å². The molecule has 2 aromatic rings. The first-order chi connectivity index (χ1) is 8.65. The molecular weight excluding hydrogens is 246 g/mol. The molecule has 0 aliphatic rings. The third kappa shape index (κ3) is 2.42. The molecule has 1 heterocycles. The summed E-state index contributed by atoms with van der Waals surface area (Å²) in [6, 6.07) is 8.09. The highest BCUT2D eigenvalue weighted by atomic mass is 32.1. The molecule has 5 heteroatoms. The van der Waals surface area contributed by atoms with E-state index in [1.165, 1.54) is 16.9 Å². The molecule has 1 amide bonds. The molecule has 0 bridgehead atoms. The molecule has 3 N–H and O–H groups in total. The Bertz CT molecular complexity index is 560. The third-order valence-corrected chi connectivity index (χ3v) is 3.81. The van der Waals surface area contributed by atoms with Crippen LogP contribution in [0.3, 0.4) is 0 Å². The lowest BCUT2D eigenvalue weighted by Gasteiger charge is -1.96. The summed E-state index contributed by atoms with van der Waals surface area (Å²) >= 11 is 1.37. The lowest BCUT2D eigenvalue weighted by Crippen LogP contribution is -2.29. The van der Waals surface area contributed by atoms with E-state index in [-0.39, 0.29) is 5.91 Å². The lowest BCUT2D eigenvalue weighted by atomic mass is 10.2. The minimum absolute atomic E-state index is 0.275. The average Bonchev–Trinajstić information content (AvgIpc) is 2.82. The van der Waals surface area contributed by atoms with Crippen molar-refractivity contribution in [2.45, 2.75) is 20.3 Å². The van der Waals surface area contributed by atoms with Gasteiger partial charge in [0.2, 0.25) is 0 Å². The summed E-state index contributed by atoms with van der Waals surface area (Å²) in [5, 5.41) is 0.852. The summed E-state index contributed by atoms with van der Waals surface area (Å²) < 4.78 is 0. The van der Waals surface area contributed by atoms with Gasteiger partial charge in [-0.2, -0.15) is 0 Å². The zero-order valence-electron chi connectivity index (χ0n) is 10.4. The maximum atomic E-state index is 11.6. The van der Waals surface area contributed by atoms with Crippen LogP contribution in [0.2, 0.25) is 0 Å². The van der Waals surface area contributed by atoms with Gasteiger partial charge >= 0.3 is 0 Å². The molecule has 1 aromatic carbocycles. The summed E-state index contributed by atoms with van der Waals surface area (Å²) in [6.45, 7) is 4.01. The topological polar surface area (TPSA) is 68.0 Å². The van der Waals surface area contributed by atoms with Gasteiger partial charge in [-0.3, -0.25) is 10.2 Å². The minimum atomic E-state index is -0.275. The summed E-state index contributed by atoms with van der Waals surface area (Å²) in [6.07, 6.45) is 0.713. The van der Waals surface area contributed by atoms with E-state index >= 15 is 0 Å². The number of hydrogen-bond acceptors (Lipinski definition) is 4. The molecule has 0 saturated heterocycles. The number of nitrogens with zero attached hydrogens (tertiary/aromatic N) is 1. The summed E-state index contributed by atoms with van der Waals surface area (Å²) in [5.41, 5.74) is 5.18. The highest BCUT2D eigenvalue weighted by molar-refractivity contribution is 7.17. The standard InChI is InChI=1S/C13H15N3OS/c1-3-10-11(12(17)16-14)18-13(15-10)9-6-4-8(2)5-7-9/h4-7H,3,14H2,1-2H3,(H,16,17). The van der Waals surface area contributed by atoms with Gasteiger partial charge in [0.05, 0.1) is 5.69 Å². The number of hydrogen-bond donors (Lipinski definition) is 2.